The third kappa shape index (κ3) is 5.38. The summed E-state index contributed by atoms with van der Waals surface area (Å²) in [4.78, 5) is 24.0. The lowest BCUT2D eigenvalue weighted by atomic mass is 10.3. The topological polar surface area (TPSA) is 87.0 Å². The molecule has 1 amide bonds. The van der Waals surface area contributed by atoms with Crippen LogP contribution >= 0.6 is 0 Å². The molecule has 1 heterocycles. The predicted octanol–water partition coefficient (Wildman–Crippen LogP) is 3.66. The molecule has 0 fully saturated rings. The molecule has 7 nitrogen and oxygen atoms in total. The monoisotopic (exact) mass is 381 g/mol. The predicted molar refractivity (Wildman–Crippen MR) is 101 cm³/mol. The van der Waals surface area contributed by atoms with Gasteiger partial charge in [0, 0.05) is 11.8 Å². The quantitative estimate of drug-likeness (QED) is 0.599. The molecule has 0 saturated carbocycles. The average Bonchev–Trinajstić information content (AvgIpc) is 3.20. The molecular weight excluding hydrogens is 362 g/mol. The lowest BCUT2D eigenvalue weighted by Gasteiger charge is -2.07. The van der Waals surface area contributed by atoms with E-state index in [9.17, 15) is 9.59 Å². The third-order valence-electron chi connectivity index (χ3n) is 3.67. The van der Waals surface area contributed by atoms with Crippen LogP contribution in [-0.4, -0.2) is 25.6 Å². The second-order valence-corrected chi connectivity index (χ2v) is 5.72. The Morgan fingerprint density at radius 2 is 1.75 bits per heavy atom. The van der Waals surface area contributed by atoms with Gasteiger partial charge in [-0.2, -0.15) is 0 Å². The maximum Gasteiger partial charge on any atom is 0.374 e. The fourth-order valence-corrected chi connectivity index (χ4v) is 2.34. The number of esters is 1. The molecule has 28 heavy (non-hydrogen) atoms. The van der Waals surface area contributed by atoms with E-state index in [0.717, 1.165) is 0 Å². The maximum atomic E-state index is 12.0. The Bertz CT molecular complexity index is 935. The van der Waals surface area contributed by atoms with Gasteiger partial charge in [-0.3, -0.25) is 4.79 Å². The normalized spacial score (nSPS) is 10.2. The molecule has 0 aliphatic carbocycles. The number of benzene rings is 2. The van der Waals surface area contributed by atoms with Crippen molar-refractivity contribution < 1.29 is 28.2 Å². The van der Waals surface area contributed by atoms with Crippen LogP contribution in [0.1, 0.15) is 16.3 Å². The molecule has 3 aromatic rings. The van der Waals surface area contributed by atoms with Crippen LogP contribution in [0.25, 0.3) is 0 Å². The molecule has 1 N–H and O–H groups in total. The molecule has 3 rings (SSSR count). The van der Waals surface area contributed by atoms with Crippen LogP contribution in [0, 0.1) is 0 Å². The van der Waals surface area contributed by atoms with E-state index in [1.165, 1.54) is 13.2 Å². The van der Waals surface area contributed by atoms with Crippen molar-refractivity contribution in [2.24, 2.45) is 0 Å². The Balaban J connectivity index is 1.46. The van der Waals surface area contributed by atoms with Crippen LogP contribution in [0.2, 0.25) is 0 Å². The van der Waals surface area contributed by atoms with Gasteiger partial charge in [-0.15, -0.1) is 0 Å². The molecule has 0 spiro atoms. The number of anilines is 1. The van der Waals surface area contributed by atoms with Gasteiger partial charge in [0.2, 0.25) is 5.76 Å². The number of furan rings is 1. The summed E-state index contributed by atoms with van der Waals surface area (Å²) in [5.74, 6) is 0.567. The number of para-hydroxylation sites is 1. The van der Waals surface area contributed by atoms with Gasteiger partial charge in [-0.25, -0.2) is 4.79 Å². The molecule has 0 radical (unpaired) electrons. The minimum atomic E-state index is -0.730. The maximum absolute atomic E-state index is 12.0. The molecule has 7 heteroatoms. The highest BCUT2D eigenvalue weighted by molar-refractivity contribution is 5.94. The zero-order valence-corrected chi connectivity index (χ0v) is 15.2. The first-order valence-electron chi connectivity index (χ1n) is 8.51. The first-order chi connectivity index (χ1) is 13.6. The standard InChI is InChI=1S/C21H19NO6/c1-25-17-9-5-6-15(12-17)22-20(23)14-27-21(24)19-11-10-18(28-19)13-26-16-7-3-2-4-8-16/h2-12H,13-14H2,1H3,(H,22,23). The summed E-state index contributed by atoms with van der Waals surface area (Å²) >= 11 is 0. The van der Waals surface area contributed by atoms with Crippen LogP contribution < -0.4 is 14.8 Å². The summed E-state index contributed by atoms with van der Waals surface area (Å²) in [6, 6.07) is 19.2. The minimum Gasteiger partial charge on any atom is -0.497 e. The van der Waals surface area contributed by atoms with Crippen LogP contribution in [0.3, 0.4) is 0 Å². The number of hydrogen-bond acceptors (Lipinski definition) is 6. The second-order valence-electron chi connectivity index (χ2n) is 5.72. The molecule has 0 atom stereocenters. The number of ether oxygens (including phenoxy) is 3. The van der Waals surface area contributed by atoms with Crippen molar-refractivity contribution >= 4 is 17.6 Å². The van der Waals surface area contributed by atoms with E-state index >= 15 is 0 Å². The van der Waals surface area contributed by atoms with Crippen LogP contribution in [0.15, 0.2) is 71.1 Å². The van der Waals surface area contributed by atoms with Crippen molar-refractivity contribution in [2.75, 3.05) is 19.0 Å². The number of rotatable bonds is 8. The van der Waals surface area contributed by atoms with Crippen molar-refractivity contribution in [2.45, 2.75) is 6.61 Å². The molecular formula is C21H19NO6. The molecule has 1 aromatic heterocycles. The molecule has 0 bridgehead atoms. The van der Waals surface area contributed by atoms with Crippen molar-refractivity contribution in [3.05, 3.63) is 78.3 Å². The van der Waals surface area contributed by atoms with Gasteiger partial charge in [0.1, 0.15) is 23.9 Å². The number of carbonyl (C=O) groups is 2. The molecule has 2 aromatic carbocycles. The minimum absolute atomic E-state index is 0.000780. The zero-order chi connectivity index (χ0) is 19.8. The molecule has 0 aliphatic heterocycles. The van der Waals surface area contributed by atoms with E-state index in [0.29, 0.717) is 22.9 Å². The summed E-state index contributed by atoms with van der Waals surface area (Å²) in [5, 5.41) is 2.62. The van der Waals surface area contributed by atoms with Gasteiger partial charge in [-0.1, -0.05) is 24.3 Å². The fourth-order valence-electron chi connectivity index (χ4n) is 2.34. The Hall–Kier alpha value is -3.74. The summed E-state index contributed by atoms with van der Waals surface area (Å²) in [5.41, 5.74) is 0.541. The number of carbonyl (C=O) groups excluding carboxylic acids is 2. The fraction of sp³-hybridized carbons (Fsp3) is 0.143. The molecule has 0 aliphatic rings. The lowest BCUT2D eigenvalue weighted by Crippen LogP contribution is -2.20. The van der Waals surface area contributed by atoms with Gasteiger partial charge in [0.15, 0.2) is 6.61 Å². The van der Waals surface area contributed by atoms with Gasteiger partial charge < -0.3 is 23.9 Å². The third-order valence-corrected chi connectivity index (χ3v) is 3.67. The van der Waals surface area contributed by atoms with E-state index in [-0.39, 0.29) is 12.4 Å². The average molecular weight is 381 g/mol. The van der Waals surface area contributed by atoms with Crippen molar-refractivity contribution in [3.8, 4) is 11.5 Å². The summed E-state index contributed by atoms with van der Waals surface area (Å²) in [7, 11) is 1.53. The van der Waals surface area contributed by atoms with E-state index in [1.807, 2.05) is 30.3 Å². The number of hydrogen-bond donors (Lipinski definition) is 1. The molecule has 0 saturated heterocycles. The Labute approximate surface area is 161 Å². The first kappa shape index (κ1) is 19.0. The van der Waals surface area contributed by atoms with E-state index in [1.54, 1.807) is 30.3 Å². The van der Waals surface area contributed by atoms with Crippen molar-refractivity contribution in [3.63, 3.8) is 0 Å². The van der Waals surface area contributed by atoms with Crippen molar-refractivity contribution in [1.82, 2.24) is 0 Å². The zero-order valence-electron chi connectivity index (χ0n) is 15.2. The number of amides is 1. The van der Waals surface area contributed by atoms with E-state index < -0.39 is 18.5 Å². The molecule has 0 unspecified atom stereocenters. The Morgan fingerprint density at radius 1 is 0.964 bits per heavy atom. The van der Waals surface area contributed by atoms with Gasteiger partial charge in [0.05, 0.1) is 7.11 Å². The highest BCUT2D eigenvalue weighted by Gasteiger charge is 2.15. The van der Waals surface area contributed by atoms with Crippen molar-refractivity contribution in [1.29, 1.82) is 0 Å². The molecule has 144 valence electrons. The second kappa shape index (κ2) is 9.27. The number of methoxy groups -OCH3 is 1. The van der Waals surface area contributed by atoms with Crippen LogP contribution in [-0.2, 0) is 16.1 Å². The smallest absolute Gasteiger partial charge is 0.374 e. The summed E-state index contributed by atoms with van der Waals surface area (Å²) < 4.78 is 21.0. The largest absolute Gasteiger partial charge is 0.497 e. The van der Waals surface area contributed by atoms with E-state index in [2.05, 4.69) is 5.32 Å². The van der Waals surface area contributed by atoms with Crippen LogP contribution in [0.5, 0.6) is 11.5 Å². The number of nitrogens with one attached hydrogen (secondary N) is 1. The first-order valence-corrected chi connectivity index (χ1v) is 8.51. The Morgan fingerprint density at radius 3 is 2.54 bits per heavy atom. The van der Waals surface area contributed by atoms with Gasteiger partial charge in [0.25, 0.3) is 5.91 Å². The van der Waals surface area contributed by atoms with Gasteiger partial charge in [-0.05, 0) is 36.4 Å². The lowest BCUT2D eigenvalue weighted by molar-refractivity contribution is -0.119. The highest BCUT2D eigenvalue weighted by Crippen LogP contribution is 2.17. The van der Waals surface area contributed by atoms with Crippen LogP contribution in [0.4, 0.5) is 5.69 Å². The highest BCUT2D eigenvalue weighted by atomic mass is 16.6. The Kier molecular flexibility index (Phi) is 6.30. The van der Waals surface area contributed by atoms with E-state index in [4.69, 9.17) is 18.6 Å². The SMILES string of the molecule is COc1cccc(NC(=O)COC(=O)c2ccc(COc3ccccc3)o2)c1. The summed E-state index contributed by atoms with van der Waals surface area (Å²) in [6.45, 7) is -0.264. The summed E-state index contributed by atoms with van der Waals surface area (Å²) in [6.07, 6.45) is 0. The van der Waals surface area contributed by atoms with Gasteiger partial charge >= 0.3 is 5.97 Å².